The number of esters is 1. The second-order valence-electron chi connectivity index (χ2n) is 7.85. The van der Waals surface area contributed by atoms with Crippen LogP contribution in [0.15, 0.2) is 25.3 Å². The molecule has 1 saturated heterocycles. The maximum Gasteiger partial charge on any atom is 0.306 e. The van der Waals surface area contributed by atoms with Crippen LogP contribution in [0.25, 0.3) is 0 Å². The Bertz CT molecular complexity index is 573. The number of rotatable bonds is 12. The van der Waals surface area contributed by atoms with Gasteiger partial charge in [-0.15, -0.1) is 13.2 Å². The van der Waals surface area contributed by atoms with Crippen molar-refractivity contribution in [3.63, 3.8) is 0 Å². The van der Waals surface area contributed by atoms with Crippen molar-refractivity contribution in [2.75, 3.05) is 19.8 Å². The minimum atomic E-state index is -0.759. The fourth-order valence-corrected chi connectivity index (χ4v) is 3.19. The Labute approximate surface area is 167 Å². The number of allylic oxidation sites excluding steroid dienone is 2. The van der Waals surface area contributed by atoms with E-state index in [2.05, 4.69) is 18.5 Å². The van der Waals surface area contributed by atoms with Gasteiger partial charge in [-0.1, -0.05) is 12.2 Å². The molecule has 2 atom stereocenters. The minimum Gasteiger partial charge on any atom is -0.463 e. The third-order valence-corrected chi connectivity index (χ3v) is 4.76. The molecule has 1 fully saturated rings. The molecule has 0 aromatic carbocycles. The maximum atomic E-state index is 12.7. The fourth-order valence-electron chi connectivity index (χ4n) is 3.19. The van der Waals surface area contributed by atoms with Crippen LogP contribution in [0.4, 0.5) is 0 Å². The standard InChI is InChI=1S/C21H34N2O5/c1-5-7-11-19(26)28-15-21(3,4)22-20(27)16(9-6-2)13-18(25)23-12-8-10-17(23)14-24/h5-6,16-17,24H,1-2,7-15H2,3-4H3,(H,22,27)/t16-,17+/m1/s1. The first-order chi connectivity index (χ1) is 13.2. The van der Waals surface area contributed by atoms with Crippen LogP contribution in [0.3, 0.4) is 0 Å². The van der Waals surface area contributed by atoms with Gasteiger partial charge < -0.3 is 20.1 Å². The number of carbonyl (C=O) groups is 3. The Morgan fingerprint density at radius 2 is 2.04 bits per heavy atom. The minimum absolute atomic E-state index is 0.0438. The van der Waals surface area contributed by atoms with Crippen LogP contribution in [0.2, 0.25) is 0 Å². The first kappa shape index (κ1) is 23.9. The third kappa shape index (κ3) is 7.84. The van der Waals surface area contributed by atoms with Gasteiger partial charge in [-0.2, -0.15) is 0 Å². The van der Waals surface area contributed by atoms with Crippen molar-refractivity contribution in [3.8, 4) is 0 Å². The molecular formula is C21H34N2O5. The Balaban J connectivity index is 2.62. The number of carbonyl (C=O) groups excluding carboxylic acids is 3. The van der Waals surface area contributed by atoms with Crippen LogP contribution in [0.5, 0.6) is 0 Å². The predicted octanol–water partition coefficient (Wildman–Crippen LogP) is 1.96. The highest BCUT2D eigenvalue weighted by Gasteiger charge is 2.32. The molecule has 0 bridgehead atoms. The molecule has 0 aromatic heterocycles. The normalized spacial score (nSPS) is 17.7. The van der Waals surface area contributed by atoms with Crippen LogP contribution in [0, 0.1) is 5.92 Å². The molecule has 0 radical (unpaired) electrons. The number of hydrogen-bond donors (Lipinski definition) is 2. The number of aliphatic hydroxyl groups is 1. The predicted molar refractivity (Wildman–Crippen MR) is 107 cm³/mol. The van der Waals surface area contributed by atoms with Crippen molar-refractivity contribution in [3.05, 3.63) is 25.3 Å². The molecule has 0 unspecified atom stereocenters. The van der Waals surface area contributed by atoms with E-state index in [-0.39, 0.29) is 49.9 Å². The van der Waals surface area contributed by atoms with Crippen LogP contribution in [-0.4, -0.2) is 59.1 Å². The van der Waals surface area contributed by atoms with Crippen molar-refractivity contribution >= 4 is 17.8 Å². The smallest absolute Gasteiger partial charge is 0.306 e. The van der Waals surface area contributed by atoms with Gasteiger partial charge in [0.25, 0.3) is 0 Å². The zero-order chi connectivity index (χ0) is 21.2. The second-order valence-corrected chi connectivity index (χ2v) is 7.85. The van der Waals surface area contributed by atoms with Crippen LogP contribution >= 0.6 is 0 Å². The van der Waals surface area contributed by atoms with Crippen molar-refractivity contribution in [1.82, 2.24) is 10.2 Å². The quantitative estimate of drug-likeness (QED) is 0.390. The molecule has 7 heteroatoms. The number of likely N-dealkylation sites (tertiary alicyclic amines) is 1. The van der Waals surface area contributed by atoms with Gasteiger partial charge in [-0.05, 0) is 39.5 Å². The molecule has 28 heavy (non-hydrogen) atoms. The molecule has 1 aliphatic rings. The summed E-state index contributed by atoms with van der Waals surface area (Å²) in [5.41, 5.74) is -0.759. The van der Waals surface area contributed by atoms with Crippen molar-refractivity contribution in [2.24, 2.45) is 5.92 Å². The Hall–Kier alpha value is -2.15. The number of amides is 2. The summed E-state index contributed by atoms with van der Waals surface area (Å²) < 4.78 is 5.22. The van der Waals surface area contributed by atoms with E-state index in [1.807, 2.05) is 0 Å². The van der Waals surface area contributed by atoms with E-state index < -0.39 is 11.5 Å². The molecule has 0 aliphatic carbocycles. The van der Waals surface area contributed by atoms with E-state index in [0.717, 1.165) is 12.8 Å². The summed E-state index contributed by atoms with van der Waals surface area (Å²) >= 11 is 0. The van der Waals surface area contributed by atoms with E-state index in [1.165, 1.54) is 0 Å². The lowest BCUT2D eigenvalue weighted by molar-refractivity contribution is -0.146. The van der Waals surface area contributed by atoms with Crippen LogP contribution < -0.4 is 5.32 Å². The average Bonchev–Trinajstić information content (AvgIpc) is 3.13. The van der Waals surface area contributed by atoms with E-state index in [1.54, 1.807) is 30.9 Å². The zero-order valence-corrected chi connectivity index (χ0v) is 17.1. The number of aliphatic hydroxyl groups excluding tert-OH is 1. The Kier molecular flexibility index (Phi) is 9.93. The SMILES string of the molecule is C=CCCC(=O)OCC(C)(C)NC(=O)[C@H](CC=C)CC(=O)N1CCC[C@H]1CO. The van der Waals surface area contributed by atoms with E-state index in [4.69, 9.17) is 4.74 Å². The highest BCUT2D eigenvalue weighted by Crippen LogP contribution is 2.21. The number of nitrogens with one attached hydrogen (secondary N) is 1. The molecule has 1 heterocycles. The Morgan fingerprint density at radius 1 is 1.32 bits per heavy atom. The number of hydrogen-bond acceptors (Lipinski definition) is 5. The van der Waals surface area contributed by atoms with E-state index >= 15 is 0 Å². The third-order valence-electron chi connectivity index (χ3n) is 4.76. The first-order valence-corrected chi connectivity index (χ1v) is 9.83. The van der Waals surface area contributed by atoms with Gasteiger partial charge in [0, 0.05) is 19.4 Å². The van der Waals surface area contributed by atoms with Gasteiger partial charge in [0.2, 0.25) is 11.8 Å². The molecule has 1 rings (SSSR count). The molecule has 0 saturated carbocycles. The lowest BCUT2D eigenvalue weighted by Gasteiger charge is -2.29. The largest absolute Gasteiger partial charge is 0.463 e. The van der Waals surface area contributed by atoms with Gasteiger partial charge in [-0.25, -0.2) is 0 Å². The summed E-state index contributed by atoms with van der Waals surface area (Å²) in [5, 5.41) is 12.3. The molecule has 0 aromatic rings. The molecule has 2 amide bonds. The Morgan fingerprint density at radius 3 is 2.64 bits per heavy atom. The lowest BCUT2D eigenvalue weighted by atomic mass is 9.97. The topological polar surface area (TPSA) is 95.9 Å². The van der Waals surface area contributed by atoms with Gasteiger partial charge in [0.1, 0.15) is 6.61 Å². The summed E-state index contributed by atoms with van der Waals surface area (Å²) in [6.45, 7) is 11.4. The van der Waals surface area contributed by atoms with Gasteiger partial charge in [0.15, 0.2) is 0 Å². The van der Waals surface area contributed by atoms with Crippen LogP contribution in [0.1, 0.15) is 52.4 Å². The molecule has 2 N–H and O–H groups in total. The second kappa shape index (κ2) is 11.6. The molecule has 1 aliphatic heterocycles. The van der Waals surface area contributed by atoms with Crippen LogP contribution in [-0.2, 0) is 19.1 Å². The maximum absolute atomic E-state index is 12.7. The van der Waals surface area contributed by atoms with Crippen molar-refractivity contribution in [2.45, 2.75) is 64.0 Å². The average molecular weight is 395 g/mol. The van der Waals surface area contributed by atoms with Crippen molar-refractivity contribution in [1.29, 1.82) is 0 Å². The highest BCUT2D eigenvalue weighted by atomic mass is 16.5. The summed E-state index contributed by atoms with van der Waals surface area (Å²) in [4.78, 5) is 38.7. The van der Waals surface area contributed by atoms with Gasteiger partial charge in [0.05, 0.1) is 24.1 Å². The molecule has 0 spiro atoms. The number of nitrogens with zero attached hydrogens (tertiary/aromatic N) is 1. The molecule has 158 valence electrons. The first-order valence-electron chi connectivity index (χ1n) is 9.83. The van der Waals surface area contributed by atoms with Gasteiger partial charge >= 0.3 is 5.97 Å². The van der Waals surface area contributed by atoms with Gasteiger partial charge in [-0.3, -0.25) is 14.4 Å². The summed E-state index contributed by atoms with van der Waals surface area (Å²) in [5.74, 6) is -1.31. The van der Waals surface area contributed by atoms with E-state index in [9.17, 15) is 19.5 Å². The lowest BCUT2D eigenvalue weighted by Crippen LogP contribution is -2.50. The van der Waals surface area contributed by atoms with Crippen molar-refractivity contribution < 1.29 is 24.2 Å². The summed E-state index contributed by atoms with van der Waals surface area (Å²) in [6, 6.07) is -0.161. The highest BCUT2D eigenvalue weighted by molar-refractivity contribution is 5.86. The monoisotopic (exact) mass is 394 g/mol. The molecular weight excluding hydrogens is 360 g/mol. The number of ether oxygens (including phenoxy) is 1. The summed E-state index contributed by atoms with van der Waals surface area (Å²) in [7, 11) is 0. The molecule has 7 nitrogen and oxygen atoms in total. The fraction of sp³-hybridized carbons (Fsp3) is 0.667. The zero-order valence-electron chi connectivity index (χ0n) is 17.1. The summed E-state index contributed by atoms with van der Waals surface area (Å²) in [6.07, 6.45) is 6.13. The van der Waals surface area contributed by atoms with E-state index in [0.29, 0.717) is 19.4 Å².